The van der Waals surface area contributed by atoms with E-state index in [4.69, 9.17) is 4.98 Å². The van der Waals surface area contributed by atoms with E-state index in [0.29, 0.717) is 5.92 Å². The highest BCUT2D eigenvalue weighted by atomic mass is 15.3. The summed E-state index contributed by atoms with van der Waals surface area (Å²) in [4.78, 5) is 4.71. The largest absolute Gasteiger partial charge is 0.234 e. The van der Waals surface area contributed by atoms with Crippen molar-refractivity contribution in [2.24, 2.45) is 0 Å². The van der Waals surface area contributed by atoms with Crippen LogP contribution in [0.25, 0.3) is 5.82 Å². The van der Waals surface area contributed by atoms with Crippen molar-refractivity contribution in [1.29, 1.82) is 0 Å². The first-order chi connectivity index (χ1) is 9.15. The van der Waals surface area contributed by atoms with Crippen molar-refractivity contribution in [2.75, 3.05) is 0 Å². The molecule has 1 atom stereocenters. The molecule has 19 heavy (non-hydrogen) atoms. The molecule has 0 spiro atoms. The Hall–Kier alpha value is -1.64. The van der Waals surface area contributed by atoms with E-state index in [1.54, 1.807) is 0 Å². The SMILES string of the molecule is CCCC(CC)c1ccc(C)nc1-n1ccc(C)n1. The number of aryl methyl sites for hydroxylation is 2. The highest BCUT2D eigenvalue weighted by Gasteiger charge is 2.16. The maximum atomic E-state index is 4.71. The maximum absolute atomic E-state index is 4.71. The third kappa shape index (κ3) is 3.03. The zero-order valence-corrected chi connectivity index (χ0v) is 12.3. The first-order valence-electron chi connectivity index (χ1n) is 7.15. The normalized spacial score (nSPS) is 12.6. The van der Waals surface area contributed by atoms with E-state index >= 15 is 0 Å². The summed E-state index contributed by atoms with van der Waals surface area (Å²) in [5.41, 5.74) is 3.38. The number of hydrogen-bond donors (Lipinski definition) is 0. The van der Waals surface area contributed by atoms with Crippen LogP contribution in [0.1, 0.15) is 56.0 Å². The quantitative estimate of drug-likeness (QED) is 0.804. The standard InChI is InChI=1S/C16H23N3/c1-5-7-14(6-2)15-9-8-12(3)17-16(15)19-11-10-13(4)18-19/h8-11,14H,5-7H2,1-4H3. The highest BCUT2D eigenvalue weighted by molar-refractivity contribution is 5.37. The molecule has 0 radical (unpaired) electrons. The topological polar surface area (TPSA) is 30.7 Å². The van der Waals surface area contributed by atoms with Crippen LogP contribution in [0.3, 0.4) is 0 Å². The van der Waals surface area contributed by atoms with E-state index in [0.717, 1.165) is 23.6 Å². The van der Waals surface area contributed by atoms with E-state index in [1.807, 2.05) is 30.8 Å². The van der Waals surface area contributed by atoms with Crippen LogP contribution in [0.5, 0.6) is 0 Å². The van der Waals surface area contributed by atoms with Crippen LogP contribution < -0.4 is 0 Å². The number of rotatable bonds is 5. The molecule has 2 aromatic heterocycles. The molecule has 3 nitrogen and oxygen atoms in total. The average Bonchev–Trinajstić information content (AvgIpc) is 2.83. The zero-order chi connectivity index (χ0) is 13.8. The van der Waals surface area contributed by atoms with E-state index in [1.165, 1.54) is 18.4 Å². The Bertz CT molecular complexity index is 543. The lowest BCUT2D eigenvalue weighted by Gasteiger charge is -2.18. The Morgan fingerprint density at radius 2 is 1.89 bits per heavy atom. The fourth-order valence-electron chi connectivity index (χ4n) is 2.52. The van der Waals surface area contributed by atoms with Crippen LogP contribution in [-0.2, 0) is 0 Å². The molecule has 0 saturated carbocycles. The number of nitrogens with zero attached hydrogens (tertiary/aromatic N) is 3. The highest BCUT2D eigenvalue weighted by Crippen LogP contribution is 2.28. The lowest BCUT2D eigenvalue weighted by molar-refractivity contribution is 0.587. The van der Waals surface area contributed by atoms with Crippen LogP contribution in [-0.4, -0.2) is 14.8 Å². The molecule has 0 aliphatic heterocycles. The van der Waals surface area contributed by atoms with Crippen molar-refractivity contribution in [1.82, 2.24) is 14.8 Å². The van der Waals surface area contributed by atoms with Gasteiger partial charge in [0.2, 0.25) is 0 Å². The first-order valence-corrected chi connectivity index (χ1v) is 7.15. The summed E-state index contributed by atoms with van der Waals surface area (Å²) in [5, 5.41) is 4.51. The number of aromatic nitrogens is 3. The monoisotopic (exact) mass is 257 g/mol. The van der Waals surface area contributed by atoms with Gasteiger partial charge in [-0.1, -0.05) is 26.3 Å². The second-order valence-corrected chi connectivity index (χ2v) is 5.16. The van der Waals surface area contributed by atoms with Gasteiger partial charge in [0, 0.05) is 11.9 Å². The van der Waals surface area contributed by atoms with E-state index in [-0.39, 0.29) is 0 Å². The zero-order valence-electron chi connectivity index (χ0n) is 12.3. The first kappa shape index (κ1) is 13.8. The molecule has 2 rings (SSSR count). The summed E-state index contributed by atoms with van der Waals surface area (Å²) >= 11 is 0. The fraction of sp³-hybridized carbons (Fsp3) is 0.500. The van der Waals surface area contributed by atoms with Crippen LogP contribution in [0.2, 0.25) is 0 Å². The van der Waals surface area contributed by atoms with Gasteiger partial charge in [-0.2, -0.15) is 5.10 Å². The third-order valence-corrected chi connectivity index (χ3v) is 3.55. The summed E-state index contributed by atoms with van der Waals surface area (Å²) in [5.74, 6) is 1.56. The van der Waals surface area contributed by atoms with Crippen LogP contribution in [0, 0.1) is 13.8 Å². The fourth-order valence-corrected chi connectivity index (χ4v) is 2.52. The number of hydrogen-bond acceptors (Lipinski definition) is 2. The molecule has 0 aromatic carbocycles. The van der Waals surface area contributed by atoms with E-state index in [2.05, 4.69) is 31.1 Å². The van der Waals surface area contributed by atoms with Gasteiger partial charge in [-0.15, -0.1) is 0 Å². The minimum atomic E-state index is 0.567. The van der Waals surface area contributed by atoms with Gasteiger partial charge in [0.05, 0.1) is 5.69 Å². The molecule has 2 heterocycles. The predicted octanol–water partition coefficient (Wildman–Crippen LogP) is 4.18. The Kier molecular flexibility index (Phi) is 4.35. The van der Waals surface area contributed by atoms with Crippen molar-refractivity contribution in [3.63, 3.8) is 0 Å². The minimum Gasteiger partial charge on any atom is -0.234 e. The molecule has 0 N–H and O–H groups in total. The van der Waals surface area contributed by atoms with Crippen molar-refractivity contribution in [3.8, 4) is 5.82 Å². The molecule has 0 bridgehead atoms. The third-order valence-electron chi connectivity index (χ3n) is 3.55. The van der Waals surface area contributed by atoms with Crippen LogP contribution >= 0.6 is 0 Å². The van der Waals surface area contributed by atoms with E-state index < -0.39 is 0 Å². The Labute approximate surface area is 115 Å². The second-order valence-electron chi connectivity index (χ2n) is 5.16. The molecule has 0 amide bonds. The molecule has 0 aliphatic carbocycles. The molecule has 1 unspecified atom stereocenters. The van der Waals surface area contributed by atoms with Gasteiger partial charge in [-0.25, -0.2) is 9.67 Å². The second kappa shape index (κ2) is 6.00. The van der Waals surface area contributed by atoms with Gasteiger partial charge in [-0.05, 0) is 50.3 Å². The lowest BCUT2D eigenvalue weighted by Crippen LogP contribution is -2.08. The van der Waals surface area contributed by atoms with Crippen LogP contribution in [0.4, 0.5) is 0 Å². The van der Waals surface area contributed by atoms with Gasteiger partial charge in [0.25, 0.3) is 0 Å². The van der Waals surface area contributed by atoms with Crippen molar-refractivity contribution in [3.05, 3.63) is 41.3 Å². The van der Waals surface area contributed by atoms with Gasteiger partial charge >= 0.3 is 0 Å². The summed E-state index contributed by atoms with van der Waals surface area (Å²) < 4.78 is 1.91. The molecular formula is C16H23N3. The summed E-state index contributed by atoms with van der Waals surface area (Å²) in [6, 6.07) is 6.35. The predicted molar refractivity (Wildman–Crippen MR) is 78.8 cm³/mol. The molecule has 0 aliphatic rings. The van der Waals surface area contributed by atoms with Crippen molar-refractivity contribution < 1.29 is 0 Å². The van der Waals surface area contributed by atoms with Gasteiger partial charge in [-0.3, -0.25) is 0 Å². The minimum absolute atomic E-state index is 0.567. The van der Waals surface area contributed by atoms with Gasteiger partial charge < -0.3 is 0 Å². The molecular weight excluding hydrogens is 234 g/mol. The average molecular weight is 257 g/mol. The summed E-state index contributed by atoms with van der Waals surface area (Å²) in [6.45, 7) is 8.53. The Morgan fingerprint density at radius 3 is 2.47 bits per heavy atom. The maximum Gasteiger partial charge on any atom is 0.157 e. The van der Waals surface area contributed by atoms with Crippen LogP contribution in [0.15, 0.2) is 24.4 Å². The molecule has 102 valence electrons. The van der Waals surface area contributed by atoms with Crippen molar-refractivity contribution in [2.45, 2.75) is 52.9 Å². The Morgan fingerprint density at radius 1 is 1.11 bits per heavy atom. The summed E-state index contributed by atoms with van der Waals surface area (Å²) in [7, 11) is 0. The van der Waals surface area contributed by atoms with Gasteiger partial charge in [0.1, 0.15) is 0 Å². The van der Waals surface area contributed by atoms with E-state index in [9.17, 15) is 0 Å². The van der Waals surface area contributed by atoms with Crippen molar-refractivity contribution >= 4 is 0 Å². The summed E-state index contributed by atoms with van der Waals surface area (Å²) in [6.07, 6.45) is 5.55. The molecule has 3 heteroatoms. The molecule has 2 aromatic rings. The number of pyridine rings is 1. The smallest absolute Gasteiger partial charge is 0.157 e. The molecule has 0 saturated heterocycles. The lowest BCUT2D eigenvalue weighted by atomic mass is 9.92. The Balaban J connectivity index is 2.48. The van der Waals surface area contributed by atoms with Gasteiger partial charge in [0.15, 0.2) is 5.82 Å². The molecule has 0 fully saturated rings.